The van der Waals surface area contributed by atoms with E-state index in [9.17, 15) is 22.8 Å². The van der Waals surface area contributed by atoms with Crippen molar-refractivity contribution in [2.75, 3.05) is 26.3 Å². The molecule has 2 aromatic rings. The van der Waals surface area contributed by atoms with Crippen LogP contribution in [0.3, 0.4) is 0 Å². The van der Waals surface area contributed by atoms with E-state index in [0.29, 0.717) is 28.8 Å². The summed E-state index contributed by atoms with van der Waals surface area (Å²) in [5.74, 6) is -0.892. The minimum absolute atomic E-state index is 0.00371. The molecule has 0 spiro atoms. The van der Waals surface area contributed by atoms with E-state index in [1.165, 1.54) is 30.3 Å². The zero-order valence-corrected chi connectivity index (χ0v) is 19.0. The maximum Gasteiger partial charge on any atom is 0.419 e. The fourth-order valence-corrected chi connectivity index (χ4v) is 4.21. The van der Waals surface area contributed by atoms with Gasteiger partial charge in [-0.1, -0.05) is 29.3 Å². The number of morpholine rings is 1. The Kier molecular flexibility index (Phi) is 6.76. The quantitative estimate of drug-likeness (QED) is 0.589. The zero-order chi connectivity index (χ0) is 24.7. The van der Waals surface area contributed by atoms with Crippen molar-refractivity contribution in [1.29, 1.82) is 0 Å². The maximum atomic E-state index is 13.0. The number of epoxide rings is 1. The number of benzene rings is 1. The molecule has 182 valence electrons. The lowest BCUT2D eigenvalue weighted by atomic mass is 10.1. The molecule has 8 nitrogen and oxygen atoms in total. The van der Waals surface area contributed by atoms with Gasteiger partial charge >= 0.3 is 6.18 Å². The summed E-state index contributed by atoms with van der Waals surface area (Å²) in [4.78, 5) is 31.0. The van der Waals surface area contributed by atoms with Gasteiger partial charge in [0.05, 0.1) is 19.3 Å². The number of nitrogens with zero attached hydrogens (tertiary/aromatic N) is 2. The minimum atomic E-state index is -4.60. The number of carbonyl (C=O) groups excluding carboxylic acids is 2. The summed E-state index contributed by atoms with van der Waals surface area (Å²) in [5, 5.41) is 3.31. The van der Waals surface area contributed by atoms with Gasteiger partial charge < -0.3 is 19.7 Å². The molecule has 3 atom stereocenters. The van der Waals surface area contributed by atoms with Crippen LogP contribution in [-0.4, -0.2) is 66.3 Å². The predicted octanol–water partition coefficient (Wildman–Crippen LogP) is 2.73. The number of nitrogens with one attached hydrogen (secondary N) is 1. The van der Waals surface area contributed by atoms with Crippen molar-refractivity contribution >= 4 is 35.0 Å². The molecule has 1 aromatic heterocycles. The fourth-order valence-electron chi connectivity index (χ4n) is 3.69. The van der Waals surface area contributed by atoms with Gasteiger partial charge in [0.2, 0.25) is 6.10 Å². The highest BCUT2D eigenvalue weighted by molar-refractivity contribution is 6.35. The number of rotatable bonds is 5. The number of carbonyl (C=O) groups is 2. The monoisotopic (exact) mass is 518 g/mol. The first kappa shape index (κ1) is 24.7. The largest absolute Gasteiger partial charge is 0.419 e. The van der Waals surface area contributed by atoms with Crippen LogP contribution in [0.25, 0.3) is 0 Å². The summed E-state index contributed by atoms with van der Waals surface area (Å²) in [5.41, 5.74) is 3.91. The summed E-state index contributed by atoms with van der Waals surface area (Å²) in [6.45, 7) is 0.881. The molecule has 0 bridgehead atoms. The van der Waals surface area contributed by atoms with Crippen LogP contribution < -0.4 is 11.1 Å². The number of hydrogen-bond donors (Lipinski definition) is 2. The Hall–Kier alpha value is -2.44. The molecular formula is C21H19Cl2F3N4O4. The second kappa shape index (κ2) is 9.31. The number of aromatic nitrogens is 1. The van der Waals surface area contributed by atoms with Crippen LogP contribution in [0.4, 0.5) is 13.2 Å². The first-order valence-electron chi connectivity index (χ1n) is 10.1. The van der Waals surface area contributed by atoms with Crippen LogP contribution in [0.2, 0.25) is 10.0 Å². The van der Waals surface area contributed by atoms with Gasteiger partial charge in [0.15, 0.2) is 5.72 Å². The Labute approximate surface area is 202 Å². The molecule has 1 aromatic carbocycles. The molecule has 0 saturated carbocycles. The van der Waals surface area contributed by atoms with E-state index in [0.717, 1.165) is 6.20 Å². The molecule has 2 fully saturated rings. The van der Waals surface area contributed by atoms with Crippen molar-refractivity contribution in [3.05, 3.63) is 63.4 Å². The molecule has 13 heteroatoms. The van der Waals surface area contributed by atoms with Crippen LogP contribution in [0.5, 0.6) is 0 Å². The Balaban J connectivity index is 1.39. The highest BCUT2D eigenvalue weighted by Crippen LogP contribution is 2.49. The Morgan fingerprint density at radius 2 is 1.94 bits per heavy atom. The van der Waals surface area contributed by atoms with Gasteiger partial charge in [-0.3, -0.25) is 20.3 Å². The van der Waals surface area contributed by atoms with E-state index >= 15 is 0 Å². The van der Waals surface area contributed by atoms with Crippen LogP contribution in [0.15, 0.2) is 36.5 Å². The molecule has 3 N–H and O–H groups in total. The summed E-state index contributed by atoms with van der Waals surface area (Å²) in [6.07, 6.45) is -5.65. The average Bonchev–Trinajstić information content (AvgIpc) is 3.50. The molecule has 4 rings (SSSR count). The van der Waals surface area contributed by atoms with Gasteiger partial charge in [0, 0.05) is 40.5 Å². The smallest absolute Gasteiger partial charge is 0.377 e. The lowest BCUT2D eigenvalue weighted by Gasteiger charge is -2.35. The minimum Gasteiger partial charge on any atom is -0.377 e. The normalized spacial score (nSPS) is 24.6. The average molecular weight is 519 g/mol. The van der Waals surface area contributed by atoms with Gasteiger partial charge in [-0.2, -0.15) is 13.2 Å². The van der Waals surface area contributed by atoms with Crippen LogP contribution in [0, 0.1) is 0 Å². The molecule has 2 saturated heterocycles. The highest BCUT2D eigenvalue weighted by Gasteiger charge is 2.68. The van der Waals surface area contributed by atoms with E-state index in [4.69, 9.17) is 33.7 Å². The van der Waals surface area contributed by atoms with Crippen molar-refractivity contribution in [1.82, 2.24) is 15.2 Å². The molecule has 34 heavy (non-hydrogen) atoms. The van der Waals surface area contributed by atoms with Crippen molar-refractivity contribution in [3.8, 4) is 0 Å². The second-order valence-corrected chi connectivity index (χ2v) is 8.73. The fraction of sp³-hybridized carbons (Fsp3) is 0.381. The summed E-state index contributed by atoms with van der Waals surface area (Å²) >= 11 is 12.0. The molecular weight excluding hydrogens is 500 g/mol. The van der Waals surface area contributed by atoms with Gasteiger partial charge in [-0.05, 0) is 24.3 Å². The molecule has 2 aliphatic rings. The van der Waals surface area contributed by atoms with Crippen molar-refractivity contribution in [3.63, 3.8) is 0 Å². The number of halogens is 5. The SMILES string of the molecule is N[C@]1(c2ccc(C(=O)NCC3COCCN3C(=O)c3cc(Cl)cc(Cl)c3)nc2)OC1C(F)(F)F. The van der Waals surface area contributed by atoms with E-state index in [2.05, 4.69) is 15.0 Å². The van der Waals surface area contributed by atoms with E-state index in [1.54, 1.807) is 4.90 Å². The summed E-state index contributed by atoms with van der Waals surface area (Å²) in [7, 11) is 0. The number of alkyl halides is 3. The van der Waals surface area contributed by atoms with Crippen molar-refractivity contribution < 1.29 is 32.2 Å². The number of pyridine rings is 1. The molecule has 2 unspecified atom stereocenters. The number of nitrogens with two attached hydrogens (primary N) is 1. The lowest BCUT2D eigenvalue weighted by Crippen LogP contribution is -2.53. The first-order chi connectivity index (χ1) is 16.0. The number of hydrogen-bond acceptors (Lipinski definition) is 6. The second-order valence-electron chi connectivity index (χ2n) is 7.86. The van der Waals surface area contributed by atoms with Gasteiger partial charge in [-0.15, -0.1) is 0 Å². The predicted molar refractivity (Wildman–Crippen MR) is 115 cm³/mol. The third-order valence-corrected chi connectivity index (χ3v) is 5.92. The van der Waals surface area contributed by atoms with E-state index < -0.39 is 30.0 Å². The zero-order valence-electron chi connectivity index (χ0n) is 17.4. The van der Waals surface area contributed by atoms with Crippen molar-refractivity contribution in [2.45, 2.75) is 24.0 Å². The van der Waals surface area contributed by atoms with Crippen LogP contribution in [0.1, 0.15) is 26.4 Å². The van der Waals surface area contributed by atoms with Gasteiger partial charge in [0.25, 0.3) is 11.8 Å². The van der Waals surface area contributed by atoms with Gasteiger partial charge in [-0.25, -0.2) is 0 Å². The Morgan fingerprint density at radius 3 is 2.53 bits per heavy atom. The molecule has 0 aliphatic carbocycles. The third kappa shape index (κ3) is 5.13. The van der Waals surface area contributed by atoms with Crippen molar-refractivity contribution in [2.24, 2.45) is 5.73 Å². The third-order valence-electron chi connectivity index (χ3n) is 5.49. The lowest BCUT2D eigenvalue weighted by molar-refractivity contribution is -0.146. The first-order valence-corrected chi connectivity index (χ1v) is 10.9. The molecule has 3 heterocycles. The number of amides is 2. The molecule has 2 amide bonds. The Morgan fingerprint density at radius 1 is 1.24 bits per heavy atom. The molecule has 2 aliphatic heterocycles. The Bertz CT molecular complexity index is 1080. The van der Waals surface area contributed by atoms with E-state index in [1.807, 2.05) is 0 Å². The van der Waals surface area contributed by atoms with Crippen LogP contribution in [-0.2, 0) is 15.2 Å². The molecule has 0 radical (unpaired) electrons. The van der Waals surface area contributed by atoms with Crippen LogP contribution >= 0.6 is 23.2 Å². The highest BCUT2D eigenvalue weighted by atomic mass is 35.5. The van der Waals surface area contributed by atoms with Gasteiger partial charge in [0.1, 0.15) is 5.69 Å². The maximum absolute atomic E-state index is 13.0. The number of ether oxygens (including phenoxy) is 2. The summed E-state index contributed by atoms with van der Waals surface area (Å²) < 4.78 is 48.5. The topological polar surface area (TPSA) is 110 Å². The summed E-state index contributed by atoms with van der Waals surface area (Å²) in [6, 6.07) is 6.56. The standard InChI is InChI=1S/C21H19Cl2F3N4O4/c22-13-5-11(6-14(23)7-13)18(32)30-3-4-33-10-15(30)9-29-17(31)16-2-1-12(8-28-16)20(27)19(34-20)21(24,25)26/h1-2,5-8,15,19H,3-4,9-10,27H2,(H,29,31)/t15?,19?,20-/m1/s1. The van der Waals surface area contributed by atoms with E-state index in [-0.39, 0.29) is 30.3 Å².